The number of rotatable bonds is 4. The smallest absolute Gasteiger partial charge is 0.257 e. The first-order valence-electron chi connectivity index (χ1n) is 5.87. The van der Waals surface area contributed by atoms with Crippen molar-refractivity contribution >= 4 is 44.7 Å². The molecule has 0 atom stereocenters. The summed E-state index contributed by atoms with van der Waals surface area (Å²) in [4.78, 5) is 1.63. The van der Waals surface area contributed by atoms with Crippen LogP contribution in [0.2, 0.25) is 0 Å². The van der Waals surface area contributed by atoms with Crippen molar-refractivity contribution in [3.05, 3.63) is 45.8 Å². The van der Waals surface area contributed by atoms with E-state index in [0.29, 0.717) is 23.2 Å². The predicted molar refractivity (Wildman–Crippen MR) is 85.7 cm³/mol. The molecule has 3 aromatic rings. The van der Waals surface area contributed by atoms with Gasteiger partial charge in [-0.05, 0) is 46.3 Å². The summed E-state index contributed by atoms with van der Waals surface area (Å²) >= 11 is 6.30. The van der Waals surface area contributed by atoms with E-state index in [0.717, 1.165) is 13.6 Å². The zero-order valence-corrected chi connectivity index (χ0v) is 13.8. The molecule has 0 aliphatic heterocycles. The van der Waals surface area contributed by atoms with E-state index in [1.165, 1.54) is 35.2 Å². The fourth-order valence-corrected chi connectivity index (χ4v) is 3.78. The fourth-order valence-electron chi connectivity index (χ4n) is 1.65. The summed E-state index contributed by atoms with van der Waals surface area (Å²) in [6.45, 7) is 0. The number of anilines is 1. The van der Waals surface area contributed by atoms with Gasteiger partial charge >= 0.3 is 0 Å². The second-order valence-corrected chi connectivity index (χ2v) is 7.63. The van der Waals surface area contributed by atoms with Crippen molar-refractivity contribution in [3.8, 4) is 10.8 Å². The number of nitrogens with two attached hydrogens (primary N) is 1. The predicted octanol–water partition coefficient (Wildman–Crippen LogP) is 4.57. The van der Waals surface area contributed by atoms with Crippen molar-refractivity contribution < 1.29 is 8.81 Å². The van der Waals surface area contributed by atoms with Crippen molar-refractivity contribution in [2.45, 2.75) is 10.6 Å². The molecular weight excluding hydrogens is 377 g/mol. The van der Waals surface area contributed by atoms with Crippen LogP contribution >= 0.6 is 39.0 Å². The second kappa shape index (κ2) is 6.17. The lowest BCUT2D eigenvalue weighted by atomic mass is 10.3. The van der Waals surface area contributed by atoms with E-state index in [4.69, 9.17) is 10.2 Å². The van der Waals surface area contributed by atoms with Gasteiger partial charge in [-0.15, -0.1) is 33.3 Å². The summed E-state index contributed by atoms with van der Waals surface area (Å²) < 4.78 is 19.8. The number of nitrogens with zero attached hydrogens (tertiary/aromatic N) is 2. The molecule has 0 fully saturated rings. The molecular formula is C13H9BrFN3OS2. The van der Waals surface area contributed by atoms with Crippen LogP contribution in [-0.2, 0) is 5.75 Å². The van der Waals surface area contributed by atoms with Crippen LogP contribution in [0.3, 0.4) is 0 Å². The molecule has 0 saturated carbocycles. The number of thioether (sulfide) groups is 1. The number of hydrogen-bond acceptors (Lipinski definition) is 6. The van der Waals surface area contributed by atoms with E-state index in [1.54, 1.807) is 6.07 Å². The number of aromatic nitrogens is 2. The topological polar surface area (TPSA) is 64.9 Å². The molecule has 1 aromatic carbocycles. The molecule has 21 heavy (non-hydrogen) atoms. The standard InChI is InChI=1S/C13H9BrFN3OS2/c14-11-2-1-10(21-11)13-18-17-12(19-13)6-20-9-4-7(15)3-8(16)5-9/h1-5H,6,16H2. The van der Waals surface area contributed by atoms with Crippen LogP contribution in [-0.4, -0.2) is 10.2 Å². The van der Waals surface area contributed by atoms with Crippen LogP contribution in [0.25, 0.3) is 10.8 Å². The highest BCUT2D eigenvalue weighted by Gasteiger charge is 2.11. The van der Waals surface area contributed by atoms with Crippen LogP contribution in [0.5, 0.6) is 0 Å². The van der Waals surface area contributed by atoms with Gasteiger partial charge in [0, 0.05) is 10.6 Å². The zero-order valence-electron chi connectivity index (χ0n) is 10.5. The molecule has 3 rings (SSSR count). The van der Waals surface area contributed by atoms with E-state index >= 15 is 0 Å². The zero-order chi connectivity index (χ0) is 14.8. The van der Waals surface area contributed by atoms with Gasteiger partial charge in [-0.1, -0.05) is 0 Å². The summed E-state index contributed by atoms with van der Waals surface area (Å²) in [5.74, 6) is 1.08. The molecule has 4 nitrogen and oxygen atoms in total. The van der Waals surface area contributed by atoms with Gasteiger partial charge in [-0.2, -0.15) is 0 Å². The monoisotopic (exact) mass is 385 g/mol. The molecule has 0 saturated heterocycles. The Hall–Kier alpha value is -1.38. The second-order valence-electron chi connectivity index (χ2n) is 4.11. The van der Waals surface area contributed by atoms with E-state index in [1.807, 2.05) is 12.1 Å². The van der Waals surface area contributed by atoms with Crippen molar-refractivity contribution in [3.63, 3.8) is 0 Å². The van der Waals surface area contributed by atoms with Gasteiger partial charge in [0.25, 0.3) is 5.89 Å². The van der Waals surface area contributed by atoms with Crippen LogP contribution in [0.15, 0.2) is 43.4 Å². The fraction of sp³-hybridized carbons (Fsp3) is 0.0769. The molecule has 0 amide bonds. The quantitative estimate of drug-likeness (QED) is 0.526. The van der Waals surface area contributed by atoms with Gasteiger partial charge in [-0.3, -0.25) is 0 Å². The Bertz CT molecular complexity index is 754. The van der Waals surface area contributed by atoms with Crippen LogP contribution in [0.4, 0.5) is 10.1 Å². The largest absolute Gasteiger partial charge is 0.419 e. The SMILES string of the molecule is Nc1cc(F)cc(SCc2nnc(-c3ccc(Br)s3)o2)c1. The summed E-state index contributed by atoms with van der Waals surface area (Å²) in [5, 5.41) is 8.00. The highest BCUT2D eigenvalue weighted by molar-refractivity contribution is 9.11. The summed E-state index contributed by atoms with van der Waals surface area (Å²) in [5.41, 5.74) is 6.00. The summed E-state index contributed by atoms with van der Waals surface area (Å²) in [7, 11) is 0. The molecule has 0 aliphatic rings. The summed E-state index contributed by atoms with van der Waals surface area (Å²) in [6, 6.07) is 8.25. The lowest BCUT2D eigenvalue weighted by Gasteiger charge is -2.00. The van der Waals surface area contributed by atoms with E-state index in [9.17, 15) is 4.39 Å². The Kier molecular flexibility index (Phi) is 4.27. The van der Waals surface area contributed by atoms with Gasteiger partial charge in [0.15, 0.2) is 0 Å². The van der Waals surface area contributed by atoms with Gasteiger partial charge in [0.2, 0.25) is 5.89 Å². The van der Waals surface area contributed by atoms with Crippen LogP contribution < -0.4 is 5.73 Å². The van der Waals surface area contributed by atoms with E-state index in [-0.39, 0.29) is 5.82 Å². The van der Waals surface area contributed by atoms with Gasteiger partial charge < -0.3 is 10.2 Å². The minimum absolute atomic E-state index is 0.354. The normalized spacial score (nSPS) is 11.0. The lowest BCUT2D eigenvalue weighted by molar-refractivity contribution is 0.529. The third kappa shape index (κ3) is 3.63. The first-order valence-corrected chi connectivity index (χ1v) is 8.46. The lowest BCUT2D eigenvalue weighted by Crippen LogP contribution is -1.88. The third-order valence-electron chi connectivity index (χ3n) is 2.51. The number of benzene rings is 1. The molecule has 8 heteroatoms. The molecule has 0 spiro atoms. The van der Waals surface area contributed by atoms with Gasteiger partial charge in [-0.25, -0.2) is 4.39 Å². The number of halogens is 2. The molecule has 2 aromatic heterocycles. The number of nitrogen functional groups attached to an aromatic ring is 1. The Morgan fingerprint density at radius 1 is 1.29 bits per heavy atom. The minimum Gasteiger partial charge on any atom is -0.419 e. The molecule has 2 heterocycles. The van der Waals surface area contributed by atoms with Crippen molar-refractivity contribution in [1.29, 1.82) is 0 Å². The number of hydrogen-bond donors (Lipinski definition) is 1. The average Bonchev–Trinajstić information content (AvgIpc) is 3.04. The molecule has 108 valence electrons. The maximum absolute atomic E-state index is 13.2. The van der Waals surface area contributed by atoms with E-state index in [2.05, 4.69) is 26.1 Å². The van der Waals surface area contributed by atoms with Crippen LogP contribution in [0, 0.1) is 5.82 Å². The van der Waals surface area contributed by atoms with Crippen molar-refractivity contribution in [2.75, 3.05) is 5.73 Å². The Labute approximate surface area is 136 Å². The Morgan fingerprint density at radius 3 is 2.86 bits per heavy atom. The van der Waals surface area contributed by atoms with Gasteiger partial charge in [0.05, 0.1) is 14.4 Å². The number of thiophene rings is 1. The summed E-state index contributed by atoms with van der Waals surface area (Å²) in [6.07, 6.45) is 0. The van der Waals surface area contributed by atoms with Crippen molar-refractivity contribution in [2.24, 2.45) is 0 Å². The highest BCUT2D eigenvalue weighted by Crippen LogP contribution is 2.31. The Balaban J connectivity index is 1.70. The Morgan fingerprint density at radius 2 is 2.14 bits per heavy atom. The van der Waals surface area contributed by atoms with Gasteiger partial charge in [0.1, 0.15) is 5.82 Å². The minimum atomic E-state index is -0.354. The van der Waals surface area contributed by atoms with E-state index < -0.39 is 0 Å². The maximum atomic E-state index is 13.2. The average molecular weight is 386 g/mol. The third-order valence-corrected chi connectivity index (χ3v) is 5.08. The highest BCUT2D eigenvalue weighted by atomic mass is 79.9. The maximum Gasteiger partial charge on any atom is 0.257 e. The molecule has 0 unspecified atom stereocenters. The first kappa shape index (κ1) is 14.6. The first-order chi connectivity index (χ1) is 10.1. The molecule has 0 radical (unpaired) electrons. The van der Waals surface area contributed by atoms with Crippen LogP contribution in [0.1, 0.15) is 5.89 Å². The molecule has 0 aliphatic carbocycles. The molecule has 2 N–H and O–H groups in total. The molecule has 0 bridgehead atoms. The van der Waals surface area contributed by atoms with Crippen molar-refractivity contribution in [1.82, 2.24) is 10.2 Å².